The highest BCUT2D eigenvalue weighted by Crippen LogP contribution is 2.35. The van der Waals surface area contributed by atoms with Gasteiger partial charge in [0.15, 0.2) is 5.76 Å². The Morgan fingerprint density at radius 3 is 2.38 bits per heavy atom. The Balaban J connectivity index is 2.04. The number of rotatable bonds is 4. The molecule has 0 saturated carbocycles. The fourth-order valence-electron chi connectivity index (χ4n) is 2.16. The Kier molecular flexibility index (Phi) is 4.68. The van der Waals surface area contributed by atoms with Gasteiger partial charge < -0.3 is 4.52 Å². The summed E-state index contributed by atoms with van der Waals surface area (Å²) in [6.07, 6.45) is 0. The second-order valence-electron chi connectivity index (χ2n) is 5.18. The summed E-state index contributed by atoms with van der Waals surface area (Å²) in [4.78, 5) is 0. The molecular weight excluding hydrogens is 393 g/mol. The molecule has 0 radical (unpaired) electrons. The van der Waals surface area contributed by atoms with E-state index < -0.39 is 15.5 Å². The second-order valence-corrected chi connectivity index (χ2v) is 7.29. The number of halogens is 4. The molecule has 5 nitrogen and oxygen atoms in total. The minimum absolute atomic E-state index is 0.0521. The lowest BCUT2D eigenvalue weighted by molar-refractivity contribution is -0.0429. The van der Waals surface area contributed by atoms with Crippen molar-refractivity contribution in [2.24, 2.45) is 0 Å². The SMILES string of the molecule is O=S(=O)(Nc1ccc(Cl)cc1-c1cc(-c2ccccc2)on1)C(F)(F)F. The molecule has 0 saturated heterocycles. The monoisotopic (exact) mass is 402 g/mol. The second kappa shape index (κ2) is 6.65. The van der Waals surface area contributed by atoms with E-state index in [0.29, 0.717) is 11.3 Å². The number of nitrogens with zero attached hydrogens (tertiary/aromatic N) is 1. The van der Waals surface area contributed by atoms with E-state index in [1.165, 1.54) is 22.9 Å². The molecule has 0 unspecified atom stereocenters. The molecule has 2 aromatic carbocycles. The van der Waals surface area contributed by atoms with Gasteiger partial charge in [-0.05, 0) is 18.2 Å². The predicted octanol–water partition coefficient (Wildman–Crippen LogP) is 4.92. The maximum atomic E-state index is 12.6. The smallest absolute Gasteiger partial charge is 0.356 e. The minimum atomic E-state index is -5.59. The van der Waals surface area contributed by atoms with Crippen molar-refractivity contribution >= 4 is 27.3 Å². The summed E-state index contributed by atoms with van der Waals surface area (Å²) in [5, 5.41) is 4.00. The van der Waals surface area contributed by atoms with Crippen LogP contribution >= 0.6 is 11.6 Å². The Bertz CT molecular complexity index is 1030. The van der Waals surface area contributed by atoms with Crippen LogP contribution in [0.25, 0.3) is 22.6 Å². The van der Waals surface area contributed by atoms with Crippen molar-refractivity contribution < 1.29 is 26.1 Å². The fraction of sp³-hybridized carbons (Fsp3) is 0.0625. The first-order valence-corrected chi connectivity index (χ1v) is 8.95. The summed E-state index contributed by atoms with van der Waals surface area (Å²) in [5.41, 5.74) is -4.89. The van der Waals surface area contributed by atoms with E-state index in [9.17, 15) is 21.6 Å². The van der Waals surface area contributed by atoms with Gasteiger partial charge in [-0.15, -0.1) is 0 Å². The van der Waals surface area contributed by atoms with Gasteiger partial charge in [0.2, 0.25) is 0 Å². The van der Waals surface area contributed by atoms with Crippen LogP contribution in [0.5, 0.6) is 0 Å². The molecule has 0 aliphatic heterocycles. The van der Waals surface area contributed by atoms with Gasteiger partial charge in [0.1, 0.15) is 5.69 Å². The van der Waals surface area contributed by atoms with Crippen LogP contribution in [0, 0.1) is 0 Å². The predicted molar refractivity (Wildman–Crippen MR) is 91.0 cm³/mol. The average molecular weight is 403 g/mol. The van der Waals surface area contributed by atoms with E-state index in [1.807, 2.05) is 6.07 Å². The third-order valence-corrected chi connectivity index (χ3v) is 4.71. The maximum Gasteiger partial charge on any atom is 0.516 e. The number of benzene rings is 2. The molecule has 1 heterocycles. The molecule has 0 spiro atoms. The molecule has 26 heavy (non-hydrogen) atoms. The Morgan fingerprint density at radius 1 is 1.04 bits per heavy atom. The van der Waals surface area contributed by atoms with Gasteiger partial charge in [0.05, 0.1) is 5.69 Å². The van der Waals surface area contributed by atoms with Crippen molar-refractivity contribution in [3.8, 4) is 22.6 Å². The summed E-state index contributed by atoms with van der Waals surface area (Å²) < 4.78 is 67.5. The van der Waals surface area contributed by atoms with Gasteiger partial charge >= 0.3 is 15.5 Å². The Labute approximate surface area is 151 Å². The highest BCUT2D eigenvalue weighted by molar-refractivity contribution is 7.93. The zero-order valence-electron chi connectivity index (χ0n) is 12.8. The van der Waals surface area contributed by atoms with E-state index in [-0.39, 0.29) is 22.0 Å². The molecule has 0 fully saturated rings. The van der Waals surface area contributed by atoms with E-state index in [1.54, 1.807) is 24.3 Å². The Hall–Kier alpha value is -2.52. The first-order valence-electron chi connectivity index (χ1n) is 7.08. The van der Waals surface area contributed by atoms with Crippen molar-refractivity contribution in [2.45, 2.75) is 5.51 Å². The largest absolute Gasteiger partial charge is 0.516 e. The van der Waals surface area contributed by atoms with E-state index in [2.05, 4.69) is 5.16 Å². The van der Waals surface area contributed by atoms with Crippen molar-refractivity contribution in [1.29, 1.82) is 0 Å². The third-order valence-electron chi connectivity index (χ3n) is 3.38. The quantitative estimate of drug-likeness (QED) is 0.672. The summed E-state index contributed by atoms with van der Waals surface area (Å²) in [5.74, 6) is 0.366. The number of alkyl halides is 3. The first-order chi connectivity index (χ1) is 12.2. The number of hydrogen-bond donors (Lipinski definition) is 1. The fourth-order valence-corrected chi connectivity index (χ4v) is 2.92. The van der Waals surface area contributed by atoms with E-state index >= 15 is 0 Å². The maximum absolute atomic E-state index is 12.6. The van der Waals surface area contributed by atoms with Crippen molar-refractivity contribution in [3.63, 3.8) is 0 Å². The molecule has 1 aromatic heterocycles. The molecule has 10 heteroatoms. The topological polar surface area (TPSA) is 72.2 Å². The molecule has 0 aliphatic rings. The molecule has 136 valence electrons. The van der Waals surface area contributed by atoms with Gasteiger partial charge in [-0.3, -0.25) is 4.72 Å². The molecule has 3 rings (SSSR count). The molecule has 0 aliphatic carbocycles. The first kappa shape index (κ1) is 18.3. The van der Waals surface area contributed by atoms with Crippen LogP contribution in [0.15, 0.2) is 59.1 Å². The van der Waals surface area contributed by atoms with Crippen LogP contribution in [0.4, 0.5) is 18.9 Å². The minimum Gasteiger partial charge on any atom is -0.356 e. The lowest BCUT2D eigenvalue weighted by Gasteiger charge is -2.13. The third kappa shape index (κ3) is 3.68. The summed E-state index contributed by atoms with van der Waals surface area (Å²) in [6, 6.07) is 14.0. The summed E-state index contributed by atoms with van der Waals surface area (Å²) in [7, 11) is -5.59. The van der Waals surface area contributed by atoms with Crippen molar-refractivity contribution in [1.82, 2.24) is 5.16 Å². The van der Waals surface area contributed by atoms with Crippen LogP contribution in [-0.4, -0.2) is 19.1 Å². The average Bonchev–Trinajstić information content (AvgIpc) is 3.06. The van der Waals surface area contributed by atoms with E-state index in [4.69, 9.17) is 16.1 Å². The summed E-state index contributed by atoms with van der Waals surface area (Å²) >= 11 is 5.89. The van der Waals surface area contributed by atoms with Crippen LogP contribution < -0.4 is 4.72 Å². The molecule has 1 N–H and O–H groups in total. The lowest BCUT2D eigenvalue weighted by atomic mass is 10.1. The van der Waals surface area contributed by atoms with Crippen LogP contribution in [0.2, 0.25) is 5.02 Å². The van der Waals surface area contributed by atoms with Crippen LogP contribution in [-0.2, 0) is 10.0 Å². The molecule has 0 amide bonds. The molecular formula is C16H10ClF3N2O3S. The lowest BCUT2D eigenvalue weighted by Crippen LogP contribution is -2.30. The number of hydrogen-bond acceptors (Lipinski definition) is 4. The number of sulfonamides is 1. The van der Waals surface area contributed by atoms with Gasteiger partial charge in [-0.2, -0.15) is 21.6 Å². The van der Waals surface area contributed by atoms with Gasteiger partial charge in [0.25, 0.3) is 0 Å². The van der Waals surface area contributed by atoms with Gasteiger partial charge in [-0.25, -0.2) is 0 Å². The highest BCUT2D eigenvalue weighted by Gasteiger charge is 2.46. The van der Waals surface area contributed by atoms with Crippen LogP contribution in [0.1, 0.15) is 0 Å². The molecule has 0 atom stereocenters. The van der Waals surface area contributed by atoms with Gasteiger partial charge in [0, 0.05) is 22.2 Å². The van der Waals surface area contributed by atoms with Gasteiger partial charge in [-0.1, -0.05) is 47.1 Å². The highest BCUT2D eigenvalue weighted by atomic mass is 35.5. The number of anilines is 1. The molecule has 3 aromatic rings. The zero-order valence-corrected chi connectivity index (χ0v) is 14.4. The summed E-state index contributed by atoms with van der Waals surface area (Å²) in [6.45, 7) is 0. The zero-order chi connectivity index (χ0) is 18.9. The normalized spacial score (nSPS) is 12.2. The number of aromatic nitrogens is 1. The standard InChI is InChI=1S/C16H10ClF3N2O3S/c17-11-6-7-13(22-26(23,24)16(18,19)20)12(8-11)14-9-15(25-21-14)10-4-2-1-3-5-10/h1-9,22H. The van der Waals surface area contributed by atoms with Crippen LogP contribution in [0.3, 0.4) is 0 Å². The molecule has 0 bridgehead atoms. The van der Waals surface area contributed by atoms with E-state index in [0.717, 1.165) is 6.07 Å². The van der Waals surface area contributed by atoms with Crippen molar-refractivity contribution in [3.05, 3.63) is 59.6 Å². The number of nitrogens with one attached hydrogen (secondary N) is 1. The Morgan fingerprint density at radius 2 is 1.73 bits per heavy atom. The van der Waals surface area contributed by atoms with Crippen molar-refractivity contribution in [2.75, 3.05) is 4.72 Å².